The SMILES string of the molecule is O=C(OCc1ccc(Cl)c(Cl)c1)c1cccc(N2C(=O)[C@@H]3[C@@H](C2=O)C2(Cl)c4ccccc4C3(Cl)c3ccccc32)c1. The molecule has 0 N–H and O–H groups in total. The normalized spacial score (nSPS) is 25.5. The first-order chi connectivity index (χ1) is 19.7. The van der Waals surface area contributed by atoms with E-state index in [1.807, 2.05) is 48.5 Å². The van der Waals surface area contributed by atoms with Crippen LogP contribution >= 0.6 is 46.4 Å². The molecule has 2 amide bonds. The third-order valence-corrected chi connectivity index (χ3v) is 10.3. The van der Waals surface area contributed by atoms with E-state index >= 15 is 0 Å². The van der Waals surface area contributed by atoms with Crippen LogP contribution in [0.15, 0.2) is 91.0 Å². The monoisotopic (exact) mass is 621 g/mol. The van der Waals surface area contributed by atoms with Gasteiger partial charge in [0, 0.05) is 0 Å². The average molecular weight is 623 g/mol. The summed E-state index contributed by atoms with van der Waals surface area (Å²) < 4.78 is 5.46. The summed E-state index contributed by atoms with van der Waals surface area (Å²) in [6.07, 6.45) is 0. The van der Waals surface area contributed by atoms with Gasteiger partial charge in [0.2, 0.25) is 11.8 Å². The second-order valence-electron chi connectivity index (χ2n) is 10.4. The van der Waals surface area contributed by atoms with Crippen molar-refractivity contribution in [3.8, 4) is 0 Å². The molecule has 0 radical (unpaired) electrons. The fourth-order valence-electron chi connectivity index (χ4n) is 6.56. The van der Waals surface area contributed by atoms with Crippen LogP contribution in [0.1, 0.15) is 38.2 Å². The molecule has 0 unspecified atom stereocenters. The molecule has 0 aromatic heterocycles. The van der Waals surface area contributed by atoms with Crippen LogP contribution < -0.4 is 4.90 Å². The van der Waals surface area contributed by atoms with Crippen molar-refractivity contribution in [1.82, 2.24) is 0 Å². The van der Waals surface area contributed by atoms with Gasteiger partial charge in [0.05, 0.1) is 33.1 Å². The van der Waals surface area contributed by atoms with E-state index in [-0.39, 0.29) is 17.9 Å². The van der Waals surface area contributed by atoms with Gasteiger partial charge in [-0.3, -0.25) is 9.59 Å². The molecule has 1 saturated heterocycles. The zero-order valence-corrected chi connectivity index (χ0v) is 24.1. The predicted molar refractivity (Wildman–Crippen MR) is 158 cm³/mol. The predicted octanol–water partition coefficient (Wildman–Crippen LogP) is 7.45. The molecule has 2 bridgehead atoms. The van der Waals surface area contributed by atoms with Crippen molar-refractivity contribution in [3.05, 3.63) is 134 Å². The van der Waals surface area contributed by atoms with Gasteiger partial charge in [-0.2, -0.15) is 0 Å². The van der Waals surface area contributed by atoms with Gasteiger partial charge in [0.15, 0.2) is 0 Å². The number of carbonyl (C=O) groups is 3. The lowest BCUT2D eigenvalue weighted by Crippen LogP contribution is -2.57. The van der Waals surface area contributed by atoms with Crippen molar-refractivity contribution in [2.24, 2.45) is 11.8 Å². The summed E-state index contributed by atoms with van der Waals surface area (Å²) in [4.78, 5) is 39.9. The molecular formula is C32H19Cl4NO4. The molecule has 1 aliphatic heterocycles. The summed E-state index contributed by atoms with van der Waals surface area (Å²) in [6, 6.07) is 26.1. The van der Waals surface area contributed by atoms with Gasteiger partial charge in [-0.25, -0.2) is 9.69 Å². The molecule has 1 heterocycles. The van der Waals surface area contributed by atoms with Gasteiger partial charge in [0.1, 0.15) is 16.4 Å². The first kappa shape index (κ1) is 26.5. The number of halogens is 4. The molecule has 41 heavy (non-hydrogen) atoms. The minimum absolute atomic E-state index is 0.0360. The van der Waals surface area contributed by atoms with Crippen molar-refractivity contribution >= 4 is 69.9 Å². The molecule has 1 fully saturated rings. The largest absolute Gasteiger partial charge is 0.457 e. The Morgan fingerprint density at radius 1 is 0.707 bits per heavy atom. The van der Waals surface area contributed by atoms with E-state index < -0.39 is 39.4 Å². The number of amides is 2. The summed E-state index contributed by atoms with van der Waals surface area (Å²) in [5.74, 6) is -3.44. The number of rotatable bonds is 4. The van der Waals surface area contributed by atoms with Gasteiger partial charge < -0.3 is 4.74 Å². The van der Waals surface area contributed by atoms with Crippen LogP contribution in [0.25, 0.3) is 0 Å². The standard InChI is InChI=1S/C32H19Cl4NO4/c33-24-13-12-17(14-25(24)34)16-41-30(40)18-6-5-7-19(15-18)37-28(38)26-27(29(37)39)32(36)21-9-2-1-8-20(21)31(26,35)22-10-3-4-11-23(22)32/h1-15,26-27H,16H2/t26-,27-,31?,32?/m0/s1. The maximum atomic E-state index is 14.2. The Morgan fingerprint density at radius 2 is 1.24 bits per heavy atom. The van der Waals surface area contributed by atoms with Gasteiger partial charge >= 0.3 is 5.97 Å². The number of hydrogen-bond acceptors (Lipinski definition) is 4. The number of hydrogen-bond donors (Lipinski definition) is 0. The molecule has 9 heteroatoms. The highest BCUT2D eigenvalue weighted by atomic mass is 35.5. The summed E-state index contributed by atoms with van der Waals surface area (Å²) >= 11 is 27.0. The third-order valence-electron chi connectivity index (χ3n) is 8.28. The Morgan fingerprint density at radius 3 is 1.76 bits per heavy atom. The highest BCUT2D eigenvalue weighted by molar-refractivity contribution is 6.42. The minimum Gasteiger partial charge on any atom is -0.457 e. The zero-order chi connectivity index (χ0) is 28.7. The van der Waals surface area contributed by atoms with Gasteiger partial charge in [-0.05, 0) is 58.1 Å². The number of ether oxygens (including phenoxy) is 1. The average Bonchev–Trinajstić information content (AvgIpc) is 3.27. The molecular weight excluding hydrogens is 604 g/mol. The summed E-state index contributed by atoms with van der Waals surface area (Å²) in [7, 11) is 0. The molecule has 4 aliphatic rings. The van der Waals surface area contributed by atoms with Crippen LogP contribution in [0.4, 0.5) is 5.69 Å². The summed E-state index contributed by atoms with van der Waals surface area (Å²) in [5, 5.41) is 0.745. The Hall–Kier alpha value is -3.35. The second kappa shape index (κ2) is 9.33. The van der Waals surface area contributed by atoms with Crippen LogP contribution in [-0.2, 0) is 30.7 Å². The highest BCUT2D eigenvalue weighted by Crippen LogP contribution is 2.69. The van der Waals surface area contributed by atoms with Gasteiger partial charge in [-0.15, -0.1) is 23.2 Å². The Kier molecular flexibility index (Phi) is 6.04. The van der Waals surface area contributed by atoms with E-state index in [2.05, 4.69) is 0 Å². The maximum absolute atomic E-state index is 14.2. The van der Waals surface area contributed by atoms with Crippen molar-refractivity contribution in [2.75, 3.05) is 4.90 Å². The zero-order valence-electron chi connectivity index (χ0n) is 21.1. The topological polar surface area (TPSA) is 63.7 Å². The number of benzene rings is 4. The highest BCUT2D eigenvalue weighted by Gasteiger charge is 2.73. The van der Waals surface area contributed by atoms with Crippen molar-refractivity contribution < 1.29 is 19.1 Å². The number of esters is 1. The lowest BCUT2D eigenvalue weighted by atomic mass is 9.54. The number of alkyl halides is 2. The quantitative estimate of drug-likeness (QED) is 0.135. The van der Waals surface area contributed by atoms with E-state index in [0.717, 1.165) is 27.2 Å². The van der Waals surface area contributed by atoms with E-state index in [1.165, 1.54) is 6.07 Å². The number of imide groups is 1. The van der Waals surface area contributed by atoms with Gasteiger partial charge in [0.25, 0.3) is 0 Å². The fourth-order valence-corrected chi connectivity index (χ4v) is 7.97. The molecule has 8 rings (SSSR count). The van der Waals surface area contributed by atoms with Crippen LogP contribution in [0.5, 0.6) is 0 Å². The van der Waals surface area contributed by atoms with E-state index in [0.29, 0.717) is 15.6 Å². The van der Waals surface area contributed by atoms with Crippen LogP contribution in [0.3, 0.4) is 0 Å². The van der Waals surface area contributed by atoms with Crippen molar-refractivity contribution in [1.29, 1.82) is 0 Å². The Labute approximate surface area is 255 Å². The molecule has 204 valence electrons. The van der Waals surface area contributed by atoms with Gasteiger partial charge in [-0.1, -0.05) is 83.9 Å². The number of anilines is 1. The first-order valence-electron chi connectivity index (χ1n) is 12.8. The van der Waals surface area contributed by atoms with E-state index in [9.17, 15) is 14.4 Å². The lowest BCUT2D eigenvalue weighted by Gasteiger charge is -2.54. The molecule has 4 aromatic carbocycles. The van der Waals surface area contributed by atoms with Crippen molar-refractivity contribution in [2.45, 2.75) is 16.4 Å². The van der Waals surface area contributed by atoms with Crippen LogP contribution in [0.2, 0.25) is 10.0 Å². The van der Waals surface area contributed by atoms with Crippen molar-refractivity contribution in [3.63, 3.8) is 0 Å². The lowest BCUT2D eigenvalue weighted by molar-refractivity contribution is -0.122. The van der Waals surface area contributed by atoms with E-state index in [1.54, 1.807) is 36.4 Å². The van der Waals surface area contributed by atoms with E-state index in [4.69, 9.17) is 51.1 Å². The molecule has 0 spiro atoms. The Balaban J connectivity index is 1.25. The summed E-state index contributed by atoms with van der Waals surface area (Å²) in [5.41, 5.74) is 3.96. The smallest absolute Gasteiger partial charge is 0.338 e. The fraction of sp³-hybridized carbons (Fsp3) is 0.156. The first-order valence-corrected chi connectivity index (χ1v) is 14.3. The molecule has 0 saturated carbocycles. The van der Waals surface area contributed by atoms with Crippen LogP contribution in [-0.4, -0.2) is 17.8 Å². The summed E-state index contributed by atoms with van der Waals surface area (Å²) in [6.45, 7) is -0.0360. The third kappa shape index (κ3) is 3.59. The number of carbonyl (C=O) groups excluding carboxylic acids is 3. The second-order valence-corrected chi connectivity index (χ2v) is 12.4. The molecule has 4 aromatic rings. The molecule has 3 aliphatic carbocycles. The molecule has 5 nitrogen and oxygen atoms in total. The molecule has 2 atom stereocenters. The van der Waals surface area contributed by atoms with Crippen LogP contribution in [0, 0.1) is 11.8 Å². The minimum atomic E-state index is -1.29. The Bertz CT molecular complexity index is 1680. The number of nitrogens with zero attached hydrogens (tertiary/aromatic N) is 1. The maximum Gasteiger partial charge on any atom is 0.338 e.